The minimum atomic E-state index is 0.527. The first-order chi connectivity index (χ1) is 7.69. The largest absolute Gasteiger partial charge is 0.321 e. The van der Waals surface area contributed by atoms with Gasteiger partial charge in [0.1, 0.15) is 5.69 Å². The summed E-state index contributed by atoms with van der Waals surface area (Å²) in [5, 5.41) is 7.29. The van der Waals surface area contributed by atoms with E-state index in [0.717, 1.165) is 15.9 Å². The summed E-state index contributed by atoms with van der Waals surface area (Å²) in [7, 11) is 1.85. The smallest absolute Gasteiger partial charge is 0.227 e. The normalized spacial score (nSPS) is 10.1. The predicted molar refractivity (Wildman–Crippen MR) is 66.3 cm³/mol. The molecule has 0 radical (unpaired) electrons. The van der Waals surface area contributed by atoms with Gasteiger partial charge in [-0.25, -0.2) is 9.97 Å². The number of hydrogen-bond acceptors (Lipinski definition) is 4. The van der Waals surface area contributed by atoms with Crippen LogP contribution in [0.25, 0.3) is 6.08 Å². The molecule has 0 bridgehead atoms. The summed E-state index contributed by atoms with van der Waals surface area (Å²) in [5.74, 6) is 0.527. The highest BCUT2D eigenvalue weighted by Gasteiger charge is 2.05. The summed E-state index contributed by atoms with van der Waals surface area (Å²) in [6.45, 7) is 3.70. The van der Waals surface area contributed by atoms with Gasteiger partial charge in [0.05, 0.1) is 10.2 Å². The van der Waals surface area contributed by atoms with E-state index in [-0.39, 0.29) is 0 Å². The zero-order chi connectivity index (χ0) is 11.5. The van der Waals surface area contributed by atoms with Crippen LogP contribution in [0.2, 0.25) is 0 Å². The molecule has 2 aromatic rings. The van der Waals surface area contributed by atoms with E-state index < -0.39 is 0 Å². The van der Waals surface area contributed by atoms with Crippen LogP contribution in [-0.4, -0.2) is 19.7 Å². The van der Waals surface area contributed by atoms with E-state index in [1.54, 1.807) is 23.2 Å². The first-order valence-electron chi connectivity index (χ1n) is 4.59. The lowest BCUT2D eigenvalue weighted by Gasteiger charge is -2.01. The molecule has 0 aliphatic rings. The number of anilines is 2. The summed E-state index contributed by atoms with van der Waals surface area (Å²) in [4.78, 5) is 8.24. The lowest BCUT2D eigenvalue weighted by molar-refractivity contribution is 0.765. The molecule has 5 nitrogen and oxygen atoms in total. The quantitative estimate of drug-likeness (QED) is 0.937. The topological polar surface area (TPSA) is 55.6 Å². The first-order valence-corrected chi connectivity index (χ1v) is 5.39. The third-order valence-corrected chi connectivity index (χ3v) is 2.33. The molecule has 0 saturated carbocycles. The van der Waals surface area contributed by atoms with Crippen molar-refractivity contribution >= 4 is 33.6 Å². The third kappa shape index (κ3) is 2.27. The highest BCUT2D eigenvalue weighted by molar-refractivity contribution is 9.10. The van der Waals surface area contributed by atoms with Gasteiger partial charge in [0, 0.05) is 25.6 Å². The van der Waals surface area contributed by atoms with E-state index in [1.807, 2.05) is 13.2 Å². The van der Waals surface area contributed by atoms with Crippen molar-refractivity contribution < 1.29 is 0 Å². The molecule has 82 valence electrons. The Morgan fingerprint density at radius 1 is 1.44 bits per heavy atom. The second-order valence-corrected chi connectivity index (χ2v) is 4.07. The van der Waals surface area contributed by atoms with E-state index >= 15 is 0 Å². The second-order valence-electron chi connectivity index (χ2n) is 3.16. The van der Waals surface area contributed by atoms with Crippen LogP contribution in [0, 0.1) is 0 Å². The van der Waals surface area contributed by atoms with Crippen molar-refractivity contribution in [1.29, 1.82) is 0 Å². The summed E-state index contributed by atoms with van der Waals surface area (Å²) in [5.41, 5.74) is 1.61. The minimum Gasteiger partial charge on any atom is -0.321 e. The highest BCUT2D eigenvalue weighted by Crippen LogP contribution is 2.18. The molecular formula is C10H10BrN5. The van der Waals surface area contributed by atoms with Crippen LogP contribution in [0.3, 0.4) is 0 Å². The molecule has 0 atom stereocenters. The minimum absolute atomic E-state index is 0.527. The number of aryl methyl sites for hydroxylation is 1. The van der Waals surface area contributed by atoms with Crippen LogP contribution in [0.15, 0.2) is 29.6 Å². The Labute approximate surface area is 101 Å². The summed E-state index contributed by atoms with van der Waals surface area (Å²) in [6, 6.07) is 0. The van der Waals surface area contributed by atoms with Crippen molar-refractivity contribution in [3.05, 3.63) is 35.3 Å². The number of nitrogens with zero attached hydrogens (tertiary/aromatic N) is 4. The van der Waals surface area contributed by atoms with Gasteiger partial charge in [-0.2, -0.15) is 5.10 Å². The van der Waals surface area contributed by atoms with Gasteiger partial charge in [-0.15, -0.1) is 0 Å². The van der Waals surface area contributed by atoms with Gasteiger partial charge in [0.25, 0.3) is 0 Å². The van der Waals surface area contributed by atoms with Gasteiger partial charge in [0.2, 0.25) is 5.95 Å². The predicted octanol–water partition coefficient (Wildman–Crippen LogP) is 2.36. The fourth-order valence-electron chi connectivity index (χ4n) is 1.25. The van der Waals surface area contributed by atoms with E-state index in [0.29, 0.717) is 5.95 Å². The molecule has 0 saturated heterocycles. The molecule has 6 heteroatoms. The number of aromatic nitrogens is 4. The van der Waals surface area contributed by atoms with Crippen LogP contribution in [-0.2, 0) is 7.05 Å². The Bertz CT molecular complexity index is 502. The van der Waals surface area contributed by atoms with Crippen molar-refractivity contribution in [3.8, 4) is 0 Å². The monoisotopic (exact) mass is 279 g/mol. The van der Waals surface area contributed by atoms with Gasteiger partial charge >= 0.3 is 0 Å². The van der Waals surface area contributed by atoms with Gasteiger partial charge in [-0.05, 0) is 22.0 Å². The molecule has 1 N–H and O–H groups in total. The average molecular weight is 280 g/mol. The zero-order valence-corrected chi connectivity index (χ0v) is 10.3. The van der Waals surface area contributed by atoms with Crippen LogP contribution in [0.1, 0.15) is 5.69 Å². The fraction of sp³-hybridized carbons (Fsp3) is 0.100. The standard InChI is InChI=1S/C10H10BrN5/c1-3-8-9(6-16(2)15-8)14-10-12-4-7(11)5-13-10/h3-6H,1H2,2H3,(H,12,13,14). The molecule has 2 aromatic heterocycles. The number of rotatable bonds is 3. The van der Waals surface area contributed by atoms with Gasteiger partial charge in [-0.1, -0.05) is 6.58 Å². The van der Waals surface area contributed by atoms with Crippen molar-refractivity contribution in [1.82, 2.24) is 19.7 Å². The Kier molecular flexibility index (Phi) is 3.00. The number of nitrogens with one attached hydrogen (secondary N) is 1. The van der Waals surface area contributed by atoms with Crippen LogP contribution in [0.5, 0.6) is 0 Å². The second kappa shape index (κ2) is 4.44. The van der Waals surface area contributed by atoms with Crippen LogP contribution >= 0.6 is 15.9 Å². The molecule has 2 rings (SSSR count). The zero-order valence-electron chi connectivity index (χ0n) is 8.68. The van der Waals surface area contributed by atoms with E-state index in [1.165, 1.54) is 0 Å². The Morgan fingerprint density at radius 2 is 2.12 bits per heavy atom. The maximum absolute atomic E-state index is 4.21. The van der Waals surface area contributed by atoms with Gasteiger partial charge < -0.3 is 5.32 Å². The third-order valence-electron chi connectivity index (χ3n) is 1.92. The maximum atomic E-state index is 4.21. The maximum Gasteiger partial charge on any atom is 0.227 e. The van der Waals surface area contributed by atoms with Crippen molar-refractivity contribution in [2.75, 3.05) is 5.32 Å². The fourth-order valence-corrected chi connectivity index (χ4v) is 1.45. The summed E-state index contributed by atoms with van der Waals surface area (Å²) in [6.07, 6.45) is 6.89. The first kappa shape index (κ1) is 10.8. The lowest BCUT2D eigenvalue weighted by atomic mass is 10.3. The molecule has 2 heterocycles. The Hall–Kier alpha value is -1.69. The number of halogens is 1. The molecule has 0 unspecified atom stereocenters. The molecular weight excluding hydrogens is 270 g/mol. The van der Waals surface area contributed by atoms with Gasteiger partial charge in [0.15, 0.2) is 0 Å². The summed E-state index contributed by atoms with van der Waals surface area (Å²) >= 11 is 3.28. The molecule has 0 fully saturated rings. The number of hydrogen-bond donors (Lipinski definition) is 1. The molecule has 0 spiro atoms. The SMILES string of the molecule is C=Cc1nn(C)cc1Nc1ncc(Br)cn1. The van der Waals surface area contributed by atoms with E-state index in [2.05, 4.69) is 42.9 Å². The van der Waals surface area contributed by atoms with Crippen LogP contribution < -0.4 is 5.32 Å². The lowest BCUT2D eigenvalue weighted by Crippen LogP contribution is -1.96. The van der Waals surface area contributed by atoms with Gasteiger partial charge in [-0.3, -0.25) is 4.68 Å². The Balaban J connectivity index is 2.26. The van der Waals surface area contributed by atoms with Crippen LogP contribution in [0.4, 0.5) is 11.6 Å². The highest BCUT2D eigenvalue weighted by atomic mass is 79.9. The van der Waals surface area contributed by atoms with E-state index in [4.69, 9.17) is 0 Å². The molecule has 0 aliphatic carbocycles. The van der Waals surface area contributed by atoms with Crippen molar-refractivity contribution in [3.63, 3.8) is 0 Å². The molecule has 0 aliphatic heterocycles. The molecule has 0 aromatic carbocycles. The van der Waals surface area contributed by atoms with Crippen molar-refractivity contribution in [2.45, 2.75) is 0 Å². The molecule has 16 heavy (non-hydrogen) atoms. The Morgan fingerprint density at radius 3 is 2.75 bits per heavy atom. The van der Waals surface area contributed by atoms with Crippen molar-refractivity contribution in [2.24, 2.45) is 7.05 Å². The average Bonchev–Trinajstić information content (AvgIpc) is 2.62. The van der Waals surface area contributed by atoms with E-state index in [9.17, 15) is 0 Å². The molecule has 0 amide bonds. The summed E-state index contributed by atoms with van der Waals surface area (Å²) < 4.78 is 2.55.